The lowest BCUT2D eigenvalue weighted by atomic mass is 9.95. The number of sulfonamides is 2. The van der Waals surface area contributed by atoms with Crippen LogP contribution < -0.4 is 4.90 Å². The molecule has 0 spiro atoms. The van der Waals surface area contributed by atoms with Crippen LogP contribution in [0.1, 0.15) is 61.1 Å². The van der Waals surface area contributed by atoms with Crippen molar-refractivity contribution in [3.8, 4) is 12.1 Å². The number of Topliss-reactive ketones (excluding diaryl/α,β-unsaturated/α-hetero) is 2. The van der Waals surface area contributed by atoms with Gasteiger partial charge in [-0.3, -0.25) is 9.59 Å². The number of nitrogens with zero attached hydrogens (tertiary/aromatic N) is 7. The molecule has 0 radical (unpaired) electrons. The number of piperidine rings is 2. The zero-order valence-electron chi connectivity index (χ0n) is 39.5. The van der Waals surface area contributed by atoms with Gasteiger partial charge in [-0.1, -0.05) is 87.6 Å². The highest BCUT2D eigenvalue weighted by Crippen LogP contribution is 2.27. The van der Waals surface area contributed by atoms with Crippen molar-refractivity contribution in [1.29, 1.82) is 10.5 Å². The van der Waals surface area contributed by atoms with E-state index in [4.69, 9.17) is 23.7 Å². The first-order valence-electron chi connectivity index (χ1n) is 21.7. The lowest BCUT2D eigenvalue weighted by molar-refractivity contribution is -0.858. The van der Waals surface area contributed by atoms with Gasteiger partial charge in [0.2, 0.25) is 20.0 Å². The van der Waals surface area contributed by atoms with Crippen molar-refractivity contribution >= 4 is 67.3 Å². The molecule has 2 fully saturated rings. The van der Waals surface area contributed by atoms with Gasteiger partial charge in [0.25, 0.3) is 0 Å². The third kappa shape index (κ3) is 17.7. The number of nitriles is 2. The second-order valence-corrected chi connectivity index (χ2v) is 21.0. The molecule has 0 bridgehead atoms. The quantitative estimate of drug-likeness (QED) is 0.0978. The van der Waals surface area contributed by atoms with E-state index in [9.17, 15) is 26.4 Å². The summed E-state index contributed by atoms with van der Waals surface area (Å²) in [7, 11) is 0.586. The van der Waals surface area contributed by atoms with Gasteiger partial charge in [-0.05, 0) is 97.9 Å². The maximum Gasteiger partial charge on any atom is 0.214 e. The number of hydrogen-bond acceptors (Lipinski definition) is 9. The van der Waals surface area contributed by atoms with Crippen molar-refractivity contribution in [2.24, 2.45) is 0 Å². The first-order valence-corrected chi connectivity index (χ1v) is 24.9. The Bertz CT molecular complexity index is 2640. The van der Waals surface area contributed by atoms with E-state index in [0.29, 0.717) is 64.2 Å². The Kier molecular flexibility index (Phi) is 23.6. The van der Waals surface area contributed by atoms with Crippen LogP contribution in [0.4, 0.5) is 11.4 Å². The lowest BCUT2D eigenvalue weighted by Crippen LogP contribution is -3.05. The topological polar surface area (TPSA) is 173 Å². The number of benzene rings is 4. The number of carbonyl (C=O) groups is 2. The molecule has 2 saturated heterocycles. The first-order chi connectivity index (χ1) is 32.4. The molecule has 0 atom stereocenters. The molecule has 0 saturated carbocycles. The smallest absolute Gasteiger partial charge is 0.214 e. The number of rotatable bonds is 14. The van der Waals surface area contributed by atoms with Gasteiger partial charge in [0, 0.05) is 54.9 Å². The van der Waals surface area contributed by atoms with E-state index in [1.165, 1.54) is 13.5 Å². The molecule has 6 rings (SSSR count). The molecule has 372 valence electrons. The Morgan fingerprint density at radius 3 is 1.14 bits per heavy atom. The van der Waals surface area contributed by atoms with Crippen molar-refractivity contribution in [1.82, 2.24) is 13.5 Å². The normalized spacial score (nSPS) is 16.4. The van der Waals surface area contributed by atoms with Crippen molar-refractivity contribution in [3.63, 3.8) is 0 Å². The summed E-state index contributed by atoms with van der Waals surface area (Å²) in [4.78, 5) is 36.4. The van der Waals surface area contributed by atoms with E-state index in [2.05, 4.69) is 21.8 Å². The molecule has 2 aliphatic rings. The fourth-order valence-corrected chi connectivity index (χ4v) is 10.1. The lowest BCUT2D eigenvalue weighted by Gasteiger charge is -2.29. The zero-order chi connectivity index (χ0) is 49.4. The summed E-state index contributed by atoms with van der Waals surface area (Å²) >= 11 is 0. The molecule has 2 aliphatic heterocycles. The molecule has 0 amide bonds. The van der Waals surface area contributed by atoms with Gasteiger partial charge >= 0.3 is 0 Å². The molecular weight excluding hydrogens is 933 g/mol. The minimum atomic E-state index is -3.58. The molecule has 14 nitrogen and oxygen atoms in total. The Balaban J connectivity index is 0.000000467. The van der Waals surface area contributed by atoms with E-state index in [-0.39, 0.29) is 71.5 Å². The predicted octanol–water partition coefficient (Wildman–Crippen LogP) is 7.79. The van der Waals surface area contributed by atoms with Gasteiger partial charge in [-0.15, -0.1) is 0 Å². The molecule has 2 heterocycles. The summed E-state index contributed by atoms with van der Waals surface area (Å²) in [5, 5.41) is 18.0. The van der Waals surface area contributed by atoms with Gasteiger partial charge in [0.05, 0.1) is 68.6 Å². The standard InChI is InChI=1S/2C26H26N4O3S.2CH4.CH3/c2*1-28-25-11-9-21(10-12-25)16-24-19-30(34(32,33)14-4-13-29(2)3)18-23(26(24)31)15-20-5-7-22(17-27)8-6-20;;;/h2*5-12,15-16H,4,13-14,18-19H2,2-3H3;2*1H4;1H3/q;;;;-1/p+1/b2*23-15+,24-16+;;;. The summed E-state index contributed by atoms with van der Waals surface area (Å²) in [5.41, 5.74) is 6.38. The van der Waals surface area contributed by atoms with Gasteiger partial charge in [0.1, 0.15) is 0 Å². The molecule has 16 heteroatoms. The maximum atomic E-state index is 13.3. The third-order valence-corrected chi connectivity index (χ3v) is 14.6. The summed E-state index contributed by atoms with van der Waals surface area (Å²) in [6.45, 7) is 15.6. The average Bonchev–Trinajstić information content (AvgIpc) is 3.32. The molecule has 71 heavy (non-hydrogen) atoms. The highest BCUT2D eigenvalue weighted by molar-refractivity contribution is 7.89. The highest BCUT2D eigenvalue weighted by Gasteiger charge is 2.34. The molecule has 0 aliphatic carbocycles. The predicted molar refractivity (Wildman–Crippen MR) is 286 cm³/mol. The van der Waals surface area contributed by atoms with Crippen molar-refractivity contribution < 1.29 is 31.3 Å². The number of nitrogens with one attached hydrogen (secondary N) is 1. The Morgan fingerprint density at radius 1 is 0.577 bits per heavy atom. The second kappa shape index (κ2) is 27.9. The fraction of sp³-hybridized carbons (Fsp3) is 0.291. The molecule has 1 N–H and O–H groups in total. The zero-order valence-corrected chi connectivity index (χ0v) is 41.1. The maximum absolute atomic E-state index is 13.3. The van der Waals surface area contributed by atoms with Crippen LogP contribution in [0.2, 0.25) is 0 Å². The van der Waals surface area contributed by atoms with Crippen molar-refractivity contribution in [3.05, 3.63) is 183 Å². The Morgan fingerprint density at radius 2 is 0.873 bits per heavy atom. The SMILES string of the molecule is C.C.[C-]#[N+]c1ccc(/C=C2\CN(S(=O)(=O)CCCN(C)C)C/C(=C\c3ccc(C#N)cc3)C2=O)cc1.[C-]#[N+]c1ccc(/C=C2\CN(S(=O)(=O)CCC[NH+](C)C)C/C(=C\c3ccc(C#N)cc3)C2=O)cc1.[CH3-]. The van der Waals surface area contributed by atoms with Crippen LogP contribution in [0.15, 0.2) is 119 Å². The molecule has 0 aromatic heterocycles. The van der Waals surface area contributed by atoms with Crippen LogP contribution in [0.25, 0.3) is 34.0 Å². The second-order valence-electron chi connectivity index (χ2n) is 16.8. The third-order valence-electron chi connectivity index (χ3n) is 10.9. The number of ketones is 2. The summed E-state index contributed by atoms with van der Waals surface area (Å²) in [6, 6.07) is 31.3. The minimum absolute atomic E-state index is 0. The van der Waals surface area contributed by atoms with E-state index in [1.54, 1.807) is 121 Å². The Labute approximate surface area is 422 Å². The van der Waals surface area contributed by atoms with Crippen LogP contribution in [0.3, 0.4) is 0 Å². The van der Waals surface area contributed by atoms with Crippen LogP contribution in [0, 0.1) is 43.2 Å². The van der Waals surface area contributed by atoms with Crippen molar-refractivity contribution in [2.75, 3.05) is 79.0 Å². The van der Waals surface area contributed by atoms with E-state index < -0.39 is 20.0 Å². The van der Waals surface area contributed by atoms with Crippen LogP contribution in [-0.4, -0.2) is 121 Å². The monoisotopic (exact) mass is 996 g/mol. The molecule has 4 aromatic rings. The van der Waals surface area contributed by atoms with Gasteiger partial charge in [-0.25, -0.2) is 26.5 Å². The van der Waals surface area contributed by atoms with Crippen LogP contribution in [0.5, 0.6) is 0 Å². The summed E-state index contributed by atoms with van der Waals surface area (Å²) in [6.07, 6.45) is 7.76. The summed E-state index contributed by atoms with van der Waals surface area (Å²) in [5.74, 6) is -0.402. The van der Waals surface area contributed by atoms with E-state index >= 15 is 0 Å². The van der Waals surface area contributed by atoms with Gasteiger partial charge in [-0.2, -0.15) is 19.1 Å². The molecular formula is C55H64N8O6S2. The number of quaternary nitrogens is 1. The van der Waals surface area contributed by atoms with E-state index in [0.717, 1.165) is 28.8 Å². The largest absolute Gasteiger partial charge is 0.358 e. The van der Waals surface area contributed by atoms with Gasteiger partial charge < -0.3 is 17.2 Å². The fourth-order valence-electron chi connectivity index (χ4n) is 7.24. The molecule has 4 aromatic carbocycles. The van der Waals surface area contributed by atoms with Gasteiger partial charge in [0.15, 0.2) is 22.9 Å². The highest BCUT2D eigenvalue weighted by atomic mass is 32.2. The van der Waals surface area contributed by atoms with Crippen LogP contribution in [-0.2, 0) is 29.6 Å². The number of carbonyl (C=O) groups excluding carboxylic acids is 2. The Hall–Kier alpha value is -7.12. The summed E-state index contributed by atoms with van der Waals surface area (Å²) < 4.78 is 55.2. The van der Waals surface area contributed by atoms with Crippen molar-refractivity contribution in [2.45, 2.75) is 27.7 Å². The van der Waals surface area contributed by atoms with E-state index in [1.807, 2.05) is 33.1 Å². The average molecular weight is 997 g/mol. The first kappa shape index (κ1) is 60.0. The molecule has 0 unspecified atom stereocenters. The van der Waals surface area contributed by atoms with Crippen LogP contribution >= 0.6 is 0 Å². The minimum Gasteiger partial charge on any atom is -0.358 e. The number of hydrogen-bond donors (Lipinski definition) is 1.